The highest BCUT2D eigenvalue weighted by molar-refractivity contribution is 5.70. The summed E-state index contributed by atoms with van der Waals surface area (Å²) < 4.78 is 28.1. The van der Waals surface area contributed by atoms with Gasteiger partial charge in [0.1, 0.15) is 5.75 Å². The molecule has 8 nitrogen and oxygen atoms in total. The molecule has 1 N–H and O–H groups in total. The summed E-state index contributed by atoms with van der Waals surface area (Å²) in [5.74, 6) is 1.94. The second kappa shape index (κ2) is 10.5. The molecular formula is C24H31NO7. The van der Waals surface area contributed by atoms with Crippen LogP contribution < -0.4 is 23.7 Å². The van der Waals surface area contributed by atoms with E-state index in [0.29, 0.717) is 54.7 Å². The van der Waals surface area contributed by atoms with Crippen molar-refractivity contribution >= 4 is 5.97 Å². The Balaban J connectivity index is 2.18. The van der Waals surface area contributed by atoms with E-state index in [2.05, 4.69) is 4.90 Å². The highest BCUT2D eigenvalue weighted by Gasteiger charge is 2.34. The first kappa shape index (κ1) is 23.5. The molecule has 174 valence electrons. The SMILES string of the molecule is COc1cc(OC)c(C(c2cccc(OC)c2OC)N2CCC(C(=O)O)CC2)cc1OC. The van der Waals surface area contributed by atoms with Gasteiger partial charge in [-0.1, -0.05) is 12.1 Å². The number of piperidine rings is 1. The van der Waals surface area contributed by atoms with Crippen LogP contribution in [0.4, 0.5) is 0 Å². The molecule has 0 bridgehead atoms. The summed E-state index contributed by atoms with van der Waals surface area (Å²) in [6.07, 6.45) is 1.13. The molecular weight excluding hydrogens is 414 g/mol. The van der Waals surface area contributed by atoms with Gasteiger partial charge >= 0.3 is 5.97 Å². The maximum atomic E-state index is 11.5. The fourth-order valence-electron chi connectivity index (χ4n) is 4.36. The number of likely N-dealkylation sites (tertiary alicyclic amines) is 1. The zero-order valence-electron chi connectivity index (χ0n) is 19.2. The second-order valence-corrected chi connectivity index (χ2v) is 7.58. The lowest BCUT2D eigenvalue weighted by Gasteiger charge is -2.38. The fraction of sp³-hybridized carbons (Fsp3) is 0.458. The Morgan fingerprint density at radius 3 is 1.97 bits per heavy atom. The van der Waals surface area contributed by atoms with Crippen molar-refractivity contribution in [3.63, 3.8) is 0 Å². The van der Waals surface area contributed by atoms with E-state index in [1.165, 1.54) is 0 Å². The Hall–Kier alpha value is -3.13. The summed E-state index contributed by atoms with van der Waals surface area (Å²) in [6, 6.07) is 9.20. The number of aliphatic carboxylic acids is 1. The van der Waals surface area contributed by atoms with Crippen molar-refractivity contribution < 1.29 is 33.6 Å². The molecule has 0 amide bonds. The summed E-state index contributed by atoms with van der Waals surface area (Å²) in [7, 11) is 8.00. The van der Waals surface area contributed by atoms with Gasteiger partial charge in [0.25, 0.3) is 0 Å². The maximum absolute atomic E-state index is 11.5. The molecule has 32 heavy (non-hydrogen) atoms. The Labute approximate surface area is 188 Å². The Morgan fingerprint density at radius 1 is 0.844 bits per heavy atom. The van der Waals surface area contributed by atoms with Crippen LogP contribution in [0.3, 0.4) is 0 Å². The molecule has 0 aliphatic carbocycles. The van der Waals surface area contributed by atoms with E-state index in [1.54, 1.807) is 41.6 Å². The molecule has 1 fully saturated rings. The number of benzene rings is 2. The zero-order valence-corrected chi connectivity index (χ0v) is 19.2. The van der Waals surface area contributed by atoms with Gasteiger partial charge in [-0.25, -0.2) is 0 Å². The van der Waals surface area contributed by atoms with Gasteiger partial charge in [-0.3, -0.25) is 9.69 Å². The molecule has 8 heteroatoms. The number of carbonyl (C=O) groups is 1. The molecule has 2 aromatic carbocycles. The number of rotatable bonds is 9. The molecule has 1 aliphatic heterocycles. The number of nitrogens with zero attached hydrogens (tertiary/aromatic N) is 1. The van der Waals surface area contributed by atoms with Crippen LogP contribution in [0.1, 0.15) is 30.0 Å². The average Bonchev–Trinajstić information content (AvgIpc) is 2.83. The van der Waals surface area contributed by atoms with Gasteiger partial charge in [-0.2, -0.15) is 0 Å². The first-order chi connectivity index (χ1) is 15.5. The highest BCUT2D eigenvalue weighted by atomic mass is 16.5. The van der Waals surface area contributed by atoms with Crippen molar-refractivity contribution in [1.82, 2.24) is 4.90 Å². The topological polar surface area (TPSA) is 86.7 Å². The van der Waals surface area contributed by atoms with Crippen molar-refractivity contribution in [3.05, 3.63) is 41.5 Å². The molecule has 1 unspecified atom stereocenters. The summed E-state index contributed by atoms with van der Waals surface area (Å²) in [4.78, 5) is 13.8. The molecule has 0 aromatic heterocycles. The summed E-state index contributed by atoms with van der Waals surface area (Å²) in [5.41, 5.74) is 1.76. The predicted octanol–water partition coefficient (Wildman–Crippen LogP) is 3.62. The molecule has 2 aromatic rings. The molecule has 0 radical (unpaired) electrons. The van der Waals surface area contributed by atoms with E-state index in [4.69, 9.17) is 23.7 Å². The van der Waals surface area contributed by atoms with Gasteiger partial charge in [0.2, 0.25) is 0 Å². The van der Waals surface area contributed by atoms with Crippen molar-refractivity contribution in [3.8, 4) is 28.7 Å². The van der Waals surface area contributed by atoms with Crippen LogP contribution >= 0.6 is 0 Å². The first-order valence-corrected chi connectivity index (χ1v) is 10.5. The van der Waals surface area contributed by atoms with E-state index in [0.717, 1.165) is 11.1 Å². The Kier molecular flexibility index (Phi) is 7.69. The van der Waals surface area contributed by atoms with E-state index in [1.807, 2.05) is 24.3 Å². The lowest BCUT2D eigenvalue weighted by Crippen LogP contribution is -2.39. The Morgan fingerprint density at radius 2 is 1.44 bits per heavy atom. The van der Waals surface area contributed by atoms with Crippen LogP contribution in [-0.2, 0) is 4.79 Å². The largest absolute Gasteiger partial charge is 0.496 e. The lowest BCUT2D eigenvalue weighted by atomic mass is 9.90. The van der Waals surface area contributed by atoms with E-state index in [-0.39, 0.29) is 12.0 Å². The third kappa shape index (κ3) is 4.55. The van der Waals surface area contributed by atoms with Crippen molar-refractivity contribution in [2.75, 3.05) is 48.6 Å². The quantitative estimate of drug-likeness (QED) is 0.626. The summed E-state index contributed by atoms with van der Waals surface area (Å²) in [6.45, 7) is 1.22. The third-order valence-electron chi connectivity index (χ3n) is 6.00. The fourth-order valence-corrected chi connectivity index (χ4v) is 4.36. The van der Waals surface area contributed by atoms with Crippen LogP contribution in [-0.4, -0.2) is 64.6 Å². The first-order valence-electron chi connectivity index (χ1n) is 10.5. The van der Waals surface area contributed by atoms with Gasteiger partial charge in [0.05, 0.1) is 47.5 Å². The Bertz CT molecular complexity index is 938. The molecule has 0 saturated carbocycles. The average molecular weight is 446 g/mol. The normalized spacial score (nSPS) is 15.7. The van der Waals surface area contributed by atoms with Crippen LogP contribution in [0.25, 0.3) is 0 Å². The zero-order chi connectivity index (χ0) is 23.3. The van der Waals surface area contributed by atoms with E-state index >= 15 is 0 Å². The molecule has 1 aliphatic rings. The summed E-state index contributed by atoms with van der Waals surface area (Å²) in [5, 5.41) is 9.45. The molecule has 1 saturated heterocycles. The number of carboxylic acids is 1. The van der Waals surface area contributed by atoms with E-state index in [9.17, 15) is 9.90 Å². The van der Waals surface area contributed by atoms with Crippen molar-refractivity contribution in [1.29, 1.82) is 0 Å². The van der Waals surface area contributed by atoms with Crippen LogP contribution in [0.5, 0.6) is 28.7 Å². The van der Waals surface area contributed by atoms with Gasteiger partial charge in [0.15, 0.2) is 23.0 Å². The lowest BCUT2D eigenvalue weighted by molar-refractivity contribution is -0.143. The minimum absolute atomic E-state index is 0.274. The highest BCUT2D eigenvalue weighted by Crippen LogP contribution is 2.46. The molecule has 1 atom stereocenters. The predicted molar refractivity (Wildman–Crippen MR) is 119 cm³/mol. The number of para-hydroxylation sites is 1. The minimum Gasteiger partial charge on any atom is -0.496 e. The van der Waals surface area contributed by atoms with Gasteiger partial charge in [-0.05, 0) is 38.1 Å². The van der Waals surface area contributed by atoms with Crippen LogP contribution in [0.2, 0.25) is 0 Å². The number of hydrogen-bond donors (Lipinski definition) is 1. The standard InChI is InChI=1S/C24H31NO7/c1-28-18-8-6-7-16(23(18)32-5)22(25-11-9-15(10-12-25)24(26)27)17-13-20(30-3)21(31-4)14-19(17)29-2/h6-8,13-15,22H,9-12H2,1-5H3,(H,26,27). The number of methoxy groups -OCH3 is 5. The monoisotopic (exact) mass is 445 g/mol. The van der Waals surface area contributed by atoms with Crippen molar-refractivity contribution in [2.45, 2.75) is 18.9 Å². The number of hydrogen-bond acceptors (Lipinski definition) is 7. The molecule has 1 heterocycles. The minimum atomic E-state index is -0.746. The van der Waals surface area contributed by atoms with Crippen molar-refractivity contribution in [2.24, 2.45) is 5.92 Å². The second-order valence-electron chi connectivity index (χ2n) is 7.58. The maximum Gasteiger partial charge on any atom is 0.306 e. The molecule has 3 rings (SSSR count). The van der Waals surface area contributed by atoms with E-state index < -0.39 is 5.97 Å². The van der Waals surface area contributed by atoms with Gasteiger partial charge in [0, 0.05) is 17.2 Å². The number of ether oxygens (including phenoxy) is 5. The smallest absolute Gasteiger partial charge is 0.306 e. The third-order valence-corrected chi connectivity index (χ3v) is 6.00. The van der Waals surface area contributed by atoms with Gasteiger partial charge in [-0.15, -0.1) is 0 Å². The number of carboxylic acid groups (broad SMARTS) is 1. The van der Waals surface area contributed by atoms with Crippen LogP contribution in [0.15, 0.2) is 30.3 Å². The van der Waals surface area contributed by atoms with Gasteiger partial charge < -0.3 is 28.8 Å². The van der Waals surface area contributed by atoms with Crippen LogP contribution in [0, 0.1) is 5.92 Å². The summed E-state index contributed by atoms with van der Waals surface area (Å²) >= 11 is 0. The molecule has 0 spiro atoms.